The number of aryl methyl sites for hydroxylation is 2. The van der Waals surface area contributed by atoms with Gasteiger partial charge in [-0.1, -0.05) is 19.1 Å². The highest BCUT2D eigenvalue weighted by molar-refractivity contribution is 7.19. The first-order chi connectivity index (χ1) is 12.4. The van der Waals surface area contributed by atoms with E-state index in [4.69, 9.17) is 10.5 Å². The van der Waals surface area contributed by atoms with Gasteiger partial charge in [-0.15, -0.1) is 11.3 Å². The zero-order valence-electron chi connectivity index (χ0n) is 15.2. The molecule has 2 N–H and O–H groups in total. The van der Waals surface area contributed by atoms with Crippen LogP contribution in [0.3, 0.4) is 0 Å². The maximum absolute atomic E-state index is 13.3. The second-order valence-electron chi connectivity index (χ2n) is 6.08. The van der Waals surface area contributed by atoms with E-state index in [1.807, 2.05) is 31.2 Å². The highest BCUT2D eigenvalue weighted by Crippen LogP contribution is 2.38. The first kappa shape index (κ1) is 18.1. The number of thiophene rings is 1. The molecule has 0 saturated heterocycles. The molecule has 1 atom stereocenters. The normalized spacial score (nSPS) is 12.3. The van der Waals surface area contributed by atoms with Crippen LogP contribution >= 0.6 is 11.3 Å². The molecule has 2 heterocycles. The number of methoxy groups -OCH3 is 1. The summed E-state index contributed by atoms with van der Waals surface area (Å²) in [6, 6.07) is 6.84. The summed E-state index contributed by atoms with van der Waals surface area (Å²) in [7, 11) is 1.61. The molecule has 1 amide bonds. The van der Waals surface area contributed by atoms with Crippen molar-refractivity contribution >= 4 is 27.5 Å². The molecule has 6 nitrogen and oxygen atoms in total. The molecule has 0 radical (unpaired) electrons. The lowest BCUT2D eigenvalue weighted by Gasteiger charge is -2.15. The van der Waals surface area contributed by atoms with Crippen molar-refractivity contribution < 1.29 is 9.53 Å². The Kier molecular flexibility index (Phi) is 4.82. The van der Waals surface area contributed by atoms with Gasteiger partial charge >= 0.3 is 0 Å². The largest absolute Gasteiger partial charge is 0.497 e. The number of carbonyl (C=O) groups excluding carboxylic acids is 1. The second kappa shape index (κ2) is 6.92. The minimum Gasteiger partial charge on any atom is -0.497 e. The van der Waals surface area contributed by atoms with Gasteiger partial charge in [0.25, 0.3) is 5.56 Å². The number of carbonyl (C=O) groups is 1. The van der Waals surface area contributed by atoms with Crippen LogP contribution < -0.4 is 16.0 Å². The van der Waals surface area contributed by atoms with Gasteiger partial charge < -0.3 is 10.5 Å². The average Bonchev–Trinajstić information content (AvgIpc) is 3.00. The van der Waals surface area contributed by atoms with Crippen molar-refractivity contribution in [2.45, 2.75) is 33.2 Å². The third-order valence-corrected chi connectivity index (χ3v) is 5.71. The van der Waals surface area contributed by atoms with Crippen LogP contribution in [0.25, 0.3) is 21.3 Å². The van der Waals surface area contributed by atoms with E-state index in [9.17, 15) is 9.59 Å². The molecule has 0 aliphatic heterocycles. The van der Waals surface area contributed by atoms with Gasteiger partial charge in [-0.2, -0.15) is 0 Å². The van der Waals surface area contributed by atoms with Crippen molar-refractivity contribution in [3.05, 3.63) is 45.3 Å². The van der Waals surface area contributed by atoms with E-state index in [0.717, 1.165) is 28.2 Å². The van der Waals surface area contributed by atoms with E-state index >= 15 is 0 Å². The predicted octanol–water partition coefficient (Wildman–Crippen LogP) is 3.05. The van der Waals surface area contributed by atoms with Crippen LogP contribution in [0.2, 0.25) is 0 Å². The van der Waals surface area contributed by atoms with Crippen molar-refractivity contribution in [1.82, 2.24) is 9.55 Å². The van der Waals surface area contributed by atoms with E-state index in [2.05, 4.69) is 4.98 Å². The molecule has 136 valence electrons. The number of fused-ring (bicyclic) bond motifs is 1. The van der Waals surface area contributed by atoms with Crippen LogP contribution in [0.4, 0.5) is 0 Å². The van der Waals surface area contributed by atoms with Gasteiger partial charge in [0, 0.05) is 10.4 Å². The smallest absolute Gasteiger partial charge is 0.263 e. The summed E-state index contributed by atoms with van der Waals surface area (Å²) in [5.41, 5.74) is 6.94. The van der Waals surface area contributed by atoms with Crippen LogP contribution in [0.15, 0.2) is 29.1 Å². The van der Waals surface area contributed by atoms with E-state index in [1.54, 1.807) is 21.0 Å². The fourth-order valence-electron chi connectivity index (χ4n) is 3.13. The molecule has 0 aliphatic carbocycles. The van der Waals surface area contributed by atoms with E-state index < -0.39 is 11.9 Å². The number of nitrogens with two attached hydrogens (primary N) is 1. The number of primary amides is 1. The predicted molar refractivity (Wildman–Crippen MR) is 104 cm³/mol. The Morgan fingerprint density at radius 1 is 1.42 bits per heavy atom. The van der Waals surface area contributed by atoms with Crippen molar-refractivity contribution in [3.8, 4) is 16.9 Å². The van der Waals surface area contributed by atoms with Crippen LogP contribution in [0, 0.1) is 6.92 Å². The molecule has 26 heavy (non-hydrogen) atoms. The molecule has 0 spiro atoms. The number of amides is 1. The third-order valence-electron chi connectivity index (χ3n) is 4.49. The van der Waals surface area contributed by atoms with Crippen molar-refractivity contribution in [2.75, 3.05) is 7.11 Å². The van der Waals surface area contributed by atoms with Crippen LogP contribution in [0.1, 0.15) is 30.6 Å². The Morgan fingerprint density at radius 2 is 2.15 bits per heavy atom. The Morgan fingerprint density at radius 3 is 2.77 bits per heavy atom. The minimum absolute atomic E-state index is 0.243. The Bertz CT molecular complexity index is 1050. The van der Waals surface area contributed by atoms with Gasteiger partial charge in [-0.25, -0.2) is 4.98 Å². The first-order valence-electron chi connectivity index (χ1n) is 8.37. The summed E-state index contributed by atoms with van der Waals surface area (Å²) in [5, 5.41) is 0.527. The maximum Gasteiger partial charge on any atom is 0.263 e. The molecule has 0 saturated carbocycles. The number of nitrogens with zero attached hydrogens (tertiary/aromatic N) is 2. The lowest BCUT2D eigenvalue weighted by Crippen LogP contribution is -2.34. The van der Waals surface area contributed by atoms with Gasteiger partial charge in [0.1, 0.15) is 22.4 Å². The molecule has 0 bridgehead atoms. The molecule has 7 heteroatoms. The second-order valence-corrected chi connectivity index (χ2v) is 7.16. The number of hydrogen-bond acceptors (Lipinski definition) is 5. The first-order valence-corrected chi connectivity index (χ1v) is 9.18. The summed E-state index contributed by atoms with van der Waals surface area (Å²) in [4.78, 5) is 31.3. The maximum atomic E-state index is 13.3. The number of rotatable bonds is 5. The SMILES string of the molecule is CCc1sc2nc(C)n(C(C)C(N)=O)c(=O)c2c1-c1cccc(OC)c1. The minimum atomic E-state index is -0.762. The van der Waals surface area contributed by atoms with Gasteiger partial charge in [-0.3, -0.25) is 14.2 Å². The Balaban J connectivity index is 2.40. The summed E-state index contributed by atoms with van der Waals surface area (Å²) in [6.07, 6.45) is 0.775. The van der Waals surface area contributed by atoms with E-state index in [1.165, 1.54) is 15.9 Å². The number of ether oxygens (including phenoxy) is 1. The third kappa shape index (κ3) is 2.88. The van der Waals surface area contributed by atoms with Crippen molar-refractivity contribution in [3.63, 3.8) is 0 Å². The molecule has 3 aromatic rings. The highest BCUT2D eigenvalue weighted by atomic mass is 32.1. The van der Waals surface area contributed by atoms with Crippen LogP contribution in [-0.4, -0.2) is 22.6 Å². The fourth-order valence-corrected chi connectivity index (χ4v) is 4.30. The number of hydrogen-bond donors (Lipinski definition) is 1. The monoisotopic (exact) mass is 371 g/mol. The van der Waals surface area contributed by atoms with Crippen molar-refractivity contribution in [2.24, 2.45) is 5.73 Å². The molecule has 3 rings (SSSR count). The van der Waals surface area contributed by atoms with E-state index in [0.29, 0.717) is 16.0 Å². The molecular weight excluding hydrogens is 350 g/mol. The zero-order chi connectivity index (χ0) is 19.0. The summed E-state index contributed by atoms with van der Waals surface area (Å²) in [5.74, 6) is 0.634. The fraction of sp³-hybridized carbons (Fsp3) is 0.316. The lowest BCUT2D eigenvalue weighted by molar-refractivity contribution is -0.120. The molecule has 0 fully saturated rings. The molecule has 0 aliphatic rings. The topological polar surface area (TPSA) is 87.2 Å². The van der Waals surface area contributed by atoms with E-state index in [-0.39, 0.29) is 5.56 Å². The molecular formula is C19H21N3O3S. The van der Waals surface area contributed by atoms with Crippen LogP contribution in [-0.2, 0) is 11.2 Å². The summed E-state index contributed by atoms with van der Waals surface area (Å²) >= 11 is 1.51. The molecule has 1 aromatic carbocycles. The van der Waals surface area contributed by atoms with Gasteiger partial charge in [0.15, 0.2) is 0 Å². The quantitative estimate of drug-likeness (QED) is 0.747. The highest BCUT2D eigenvalue weighted by Gasteiger charge is 2.23. The molecule has 1 unspecified atom stereocenters. The summed E-state index contributed by atoms with van der Waals surface area (Å²) < 4.78 is 6.70. The standard InChI is InChI=1S/C19H21N3O3S/c1-5-14-15(12-7-6-8-13(9-12)25-4)16-18(26-14)21-11(3)22(19(16)24)10(2)17(20)23/h6-10H,5H2,1-4H3,(H2,20,23). The summed E-state index contributed by atoms with van der Waals surface area (Å²) in [6.45, 7) is 5.38. The zero-order valence-corrected chi connectivity index (χ0v) is 16.0. The van der Waals surface area contributed by atoms with Crippen LogP contribution in [0.5, 0.6) is 5.75 Å². The van der Waals surface area contributed by atoms with Gasteiger partial charge in [0.05, 0.1) is 12.5 Å². The van der Waals surface area contributed by atoms with Crippen molar-refractivity contribution in [1.29, 1.82) is 0 Å². The Labute approximate surface area is 155 Å². The van der Waals surface area contributed by atoms with Gasteiger partial charge in [0.2, 0.25) is 5.91 Å². The average molecular weight is 371 g/mol. The Hall–Kier alpha value is -2.67. The number of benzene rings is 1. The lowest BCUT2D eigenvalue weighted by atomic mass is 10.0. The van der Waals surface area contributed by atoms with Gasteiger partial charge in [-0.05, 0) is 38.0 Å². The number of aromatic nitrogens is 2. The molecule has 2 aromatic heterocycles.